The molecule has 8 aromatic carbocycles. The second-order valence-corrected chi connectivity index (χ2v) is 12.5. The molecule has 1 aliphatic rings. The summed E-state index contributed by atoms with van der Waals surface area (Å²) in [5.74, 6) is 1.74. The zero-order valence-electron chi connectivity index (χ0n) is 26.6. The third-order valence-electron chi connectivity index (χ3n) is 9.77. The first kappa shape index (κ1) is 27.5. The Labute approximate surface area is 284 Å². The van der Waals surface area contributed by atoms with Crippen molar-refractivity contribution in [1.29, 1.82) is 0 Å². The van der Waals surface area contributed by atoms with E-state index in [2.05, 4.69) is 191 Å². The third kappa shape index (κ3) is 4.29. The van der Waals surface area contributed by atoms with Crippen LogP contribution in [0.4, 0.5) is 17.1 Å². The van der Waals surface area contributed by atoms with Gasteiger partial charge in [-0.25, -0.2) is 0 Å². The molecule has 0 spiro atoms. The minimum Gasteiger partial charge on any atom is -0.453 e. The lowest BCUT2D eigenvalue weighted by Gasteiger charge is -2.29. The molecule has 0 unspecified atom stereocenters. The molecule has 0 radical (unpaired) electrons. The van der Waals surface area contributed by atoms with Crippen LogP contribution >= 0.6 is 0 Å². The largest absolute Gasteiger partial charge is 0.453 e. The van der Waals surface area contributed by atoms with Gasteiger partial charge >= 0.3 is 0 Å². The summed E-state index contributed by atoms with van der Waals surface area (Å²) in [7, 11) is 0. The molecular weight excluding hydrogens is 597 g/mol. The van der Waals surface area contributed by atoms with Gasteiger partial charge in [0.05, 0.1) is 28.1 Å². The predicted molar refractivity (Wildman–Crippen MR) is 204 cm³/mol. The zero-order valence-corrected chi connectivity index (χ0v) is 26.6. The number of benzene rings is 8. The van der Waals surface area contributed by atoms with E-state index < -0.39 is 0 Å². The molecule has 49 heavy (non-hydrogen) atoms. The average molecular weight is 627 g/mol. The lowest BCUT2D eigenvalue weighted by Crippen LogP contribution is -2.11. The van der Waals surface area contributed by atoms with E-state index in [-0.39, 0.29) is 0 Å². The molecule has 2 heterocycles. The summed E-state index contributed by atoms with van der Waals surface area (Å²) in [6.07, 6.45) is 0. The highest BCUT2D eigenvalue weighted by atomic mass is 16.5. The fourth-order valence-electron chi connectivity index (χ4n) is 7.62. The van der Waals surface area contributed by atoms with Crippen LogP contribution in [0, 0.1) is 0 Å². The van der Waals surface area contributed by atoms with Gasteiger partial charge in [-0.3, -0.25) is 0 Å². The van der Waals surface area contributed by atoms with E-state index in [0.717, 1.165) is 50.9 Å². The number of rotatable bonds is 5. The number of ether oxygens (including phenoxy) is 1. The molecule has 0 saturated heterocycles. The van der Waals surface area contributed by atoms with Crippen molar-refractivity contribution in [3.63, 3.8) is 0 Å². The molecule has 0 aliphatic carbocycles. The maximum absolute atomic E-state index is 6.59. The van der Waals surface area contributed by atoms with Crippen LogP contribution in [0.5, 0.6) is 11.5 Å². The smallest absolute Gasteiger partial charge is 0.152 e. The van der Waals surface area contributed by atoms with Crippen LogP contribution in [-0.2, 0) is 0 Å². The third-order valence-corrected chi connectivity index (χ3v) is 9.77. The Morgan fingerprint density at radius 1 is 0.408 bits per heavy atom. The maximum atomic E-state index is 6.59. The first-order chi connectivity index (χ1) is 24.3. The van der Waals surface area contributed by atoms with Crippen molar-refractivity contribution in [2.24, 2.45) is 0 Å². The van der Waals surface area contributed by atoms with Gasteiger partial charge in [-0.05, 0) is 59.0 Å². The van der Waals surface area contributed by atoms with Gasteiger partial charge in [-0.15, -0.1) is 0 Å². The number of aromatic nitrogens is 1. The van der Waals surface area contributed by atoms with Gasteiger partial charge in [0, 0.05) is 33.0 Å². The standard InChI is InChI=1S/C46H30N2O/c1-2-13-31(14-3-1)35-18-6-8-22-40(35)47(41-24-10-16-32-15-4-5-17-36(32)41)34-29-27-33(28-30-34)37-20-11-25-43-45(37)48-42-23-9-7-19-38(42)39-21-12-26-44(49-43)46(39)48/h1-30H. The molecule has 0 amide bonds. The first-order valence-electron chi connectivity index (χ1n) is 16.7. The average Bonchev–Trinajstić information content (AvgIpc) is 3.51. The lowest BCUT2D eigenvalue weighted by atomic mass is 9.99. The minimum atomic E-state index is 0.858. The van der Waals surface area contributed by atoms with E-state index >= 15 is 0 Å². The highest BCUT2D eigenvalue weighted by Crippen LogP contribution is 2.49. The molecule has 10 rings (SSSR count). The number of nitrogens with zero attached hydrogens (tertiary/aromatic N) is 2. The predicted octanol–water partition coefficient (Wildman–Crippen LogP) is 12.8. The highest BCUT2D eigenvalue weighted by Gasteiger charge is 2.26. The Morgan fingerprint density at radius 2 is 1.02 bits per heavy atom. The highest BCUT2D eigenvalue weighted by molar-refractivity contribution is 6.12. The molecule has 3 nitrogen and oxygen atoms in total. The quantitative estimate of drug-likeness (QED) is 0.189. The summed E-state index contributed by atoms with van der Waals surface area (Å²) < 4.78 is 8.98. The second-order valence-electron chi connectivity index (χ2n) is 12.5. The van der Waals surface area contributed by atoms with E-state index in [1.54, 1.807) is 0 Å². The Balaban J connectivity index is 1.17. The molecule has 1 aromatic heterocycles. The molecule has 230 valence electrons. The number of fused-ring (bicyclic) bond motifs is 6. The van der Waals surface area contributed by atoms with E-state index in [9.17, 15) is 0 Å². The van der Waals surface area contributed by atoms with Crippen molar-refractivity contribution < 1.29 is 4.74 Å². The number of anilines is 3. The Bertz CT molecular complexity index is 2680. The zero-order chi connectivity index (χ0) is 32.3. The maximum Gasteiger partial charge on any atom is 0.152 e. The first-order valence-corrected chi connectivity index (χ1v) is 16.7. The van der Waals surface area contributed by atoms with E-state index in [4.69, 9.17) is 4.74 Å². The van der Waals surface area contributed by atoms with E-state index in [1.807, 2.05) is 0 Å². The molecule has 0 atom stereocenters. The fourth-order valence-corrected chi connectivity index (χ4v) is 7.62. The van der Waals surface area contributed by atoms with Crippen LogP contribution in [-0.4, -0.2) is 4.57 Å². The minimum absolute atomic E-state index is 0.858. The van der Waals surface area contributed by atoms with Crippen molar-refractivity contribution in [3.05, 3.63) is 182 Å². The van der Waals surface area contributed by atoms with Gasteiger partial charge < -0.3 is 14.2 Å². The van der Waals surface area contributed by atoms with Gasteiger partial charge in [0.1, 0.15) is 0 Å². The molecule has 3 heteroatoms. The van der Waals surface area contributed by atoms with Crippen molar-refractivity contribution in [3.8, 4) is 39.4 Å². The normalized spacial score (nSPS) is 11.8. The summed E-state index contributed by atoms with van der Waals surface area (Å²) in [6, 6.07) is 64.9. The monoisotopic (exact) mass is 626 g/mol. The van der Waals surface area contributed by atoms with Crippen LogP contribution < -0.4 is 9.64 Å². The molecule has 0 saturated carbocycles. The van der Waals surface area contributed by atoms with Crippen molar-refractivity contribution in [2.45, 2.75) is 0 Å². The molecule has 0 bridgehead atoms. The summed E-state index contributed by atoms with van der Waals surface area (Å²) >= 11 is 0. The second kappa shape index (κ2) is 11.0. The van der Waals surface area contributed by atoms with Gasteiger partial charge in [0.2, 0.25) is 0 Å². The van der Waals surface area contributed by atoms with Crippen molar-refractivity contribution >= 4 is 49.6 Å². The summed E-state index contributed by atoms with van der Waals surface area (Å²) in [5.41, 5.74) is 11.3. The van der Waals surface area contributed by atoms with Crippen molar-refractivity contribution in [2.75, 3.05) is 4.90 Å². The summed E-state index contributed by atoms with van der Waals surface area (Å²) in [6.45, 7) is 0. The topological polar surface area (TPSA) is 17.4 Å². The lowest BCUT2D eigenvalue weighted by molar-refractivity contribution is 0.477. The van der Waals surface area contributed by atoms with E-state index in [0.29, 0.717) is 0 Å². The van der Waals surface area contributed by atoms with Gasteiger partial charge in [-0.1, -0.05) is 140 Å². The molecule has 0 N–H and O–H groups in total. The number of hydrogen-bond donors (Lipinski definition) is 0. The Kier molecular flexibility index (Phi) is 6.18. The van der Waals surface area contributed by atoms with Gasteiger partial charge in [0.15, 0.2) is 11.5 Å². The SMILES string of the molecule is c1ccc(-c2ccccc2N(c2ccc(-c3cccc4c3-n3c5ccccc5c5cccc(c53)O4)cc2)c2cccc3ccccc23)cc1. The fraction of sp³-hybridized carbons (Fsp3) is 0. The molecular formula is C46H30N2O. The van der Waals surface area contributed by atoms with Crippen LogP contribution in [0.25, 0.3) is 60.5 Å². The number of hydrogen-bond acceptors (Lipinski definition) is 2. The van der Waals surface area contributed by atoms with Crippen LogP contribution in [0.3, 0.4) is 0 Å². The summed E-state index contributed by atoms with van der Waals surface area (Å²) in [5, 5.41) is 4.84. The summed E-state index contributed by atoms with van der Waals surface area (Å²) in [4.78, 5) is 2.40. The van der Waals surface area contributed by atoms with Gasteiger partial charge in [-0.2, -0.15) is 0 Å². The van der Waals surface area contributed by atoms with E-state index in [1.165, 1.54) is 38.2 Å². The Morgan fingerprint density at radius 3 is 1.92 bits per heavy atom. The van der Waals surface area contributed by atoms with Crippen molar-refractivity contribution in [1.82, 2.24) is 4.57 Å². The molecule has 1 aliphatic heterocycles. The van der Waals surface area contributed by atoms with Crippen LogP contribution in [0.15, 0.2) is 182 Å². The van der Waals surface area contributed by atoms with Gasteiger partial charge in [0.25, 0.3) is 0 Å². The van der Waals surface area contributed by atoms with Crippen LogP contribution in [0.2, 0.25) is 0 Å². The van der Waals surface area contributed by atoms with Crippen LogP contribution in [0.1, 0.15) is 0 Å². The molecule has 0 fully saturated rings. The molecule has 9 aromatic rings. The number of para-hydroxylation sites is 4. The Hall–Kier alpha value is -6.58.